The molecule has 0 aromatic rings. The Kier molecular flexibility index (Phi) is 6.55. The van der Waals surface area contributed by atoms with Crippen LogP contribution < -0.4 is 5.32 Å². The van der Waals surface area contributed by atoms with Gasteiger partial charge in [0.05, 0.1) is 5.60 Å². The van der Waals surface area contributed by atoms with E-state index in [0.29, 0.717) is 18.1 Å². The van der Waals surface area contributed by atoms with Gasteiger partial charge in [-0.3, -0.25) is 4.79 Å². The van der Waals surface area contributed by atoms with Crippen LogP contribution >= 0.6 is 23.4 Å². The minimum absolute atomic E-state index is 0.114. The topological polar surface area (TPSA) is 49.3 Å². The maximum atomic E-state index is 11.0. The minimum atomic E-state index is -0.832. The van der Waals surface area contributed by atoms with Gasteiger partial charge in [0.2, 0.25) is 5.91 Å². The molecule has 3 nitrogen and oxygen atoms in total. The molecular formula is C8H16ClNO2S. The van der Waals surface area contributed by atoms with E-state index < -0.39 is 5.60 Å². The Balaban J connectivity index is 3.67. The number of aliphatic hydroxyl groups is 1. The number of carbonyl (C=O) groups is 1. The highest BCUT2D eigenvalue weighted by molar-refractivity contribution is 7.98. The van der Waals surface area contributed by atoms with Crippen molar-refractivity contribution in [2.45, 2.75) is 18.9 Å². The van der Waals surface area contributed by atoms with E-state index in [9.17, 15) is 9.90 Å². The van der Waals surface area contributed by atoms with Crippen molar-refractivity contribution in [3.63, 3.8) is 0 Å². The summed E-state index contributed by atoms with van der Waals surface area (Å²) in [5.74, 6) is 0.807. The van der Waals surface area contributed by atoms with Crippen molar-refractivity contribution < 1.29 is 9.90 Å². The summed E-state index contributed by atoms with van der Waals surface area (Å²) in [7, 11) is 0. The molecule has 0 fully saturated rings. The van der Waals surface area contributed by atoms with Gasteiger partial charge in [-0.2, -0.15) is 11.8 Å². The predicted octanol–water partition coefficient (Wildman–Crippen LogP) is 0.845. The second-order valence-electron chi connectivity index (χ2n) is 3.15. The third-order valence-electron chi connectivity index (χ3n) is 1.44. The van der Waals surface area contributed by atoms with Crippen molar-refractivity contribution in [1.29, 1.82) is 0 Å². The van der Waals surface area contributed by atoms with E-state index in [4.69, 9.17) is 11.6 Å². The Morgan fingerprint density at radius 3 is 2.77 bits per heavy atom. The van der Waals surface area contributed by atoms with Crippen LogP contribution in [0.4, 0.5) is 0 Å². The van der Waals surface area contributed by atoms with Crippen LogP contribution in [-0.4, -0.2) is 41.0 Å². The quantitative estimate of drug-likeness (QED) is 0.659. The van der Waals surface area contributed by atoms with Crippen LogP contribution in [0, 0.1) is 0 Å². The Morgan fingerprint density at radius 2 is 2.31 bits per heavy atom. The summed E-state index contributed by atoms with van der Waals surface area (Å²) in [4.78, 5) is 11.0. The third-order valence-corrected chi connectivity index (χ3v) is 2.54. The summed E-state index contributed by atoms with van der Waals surface area (Å²) in [5, 5.41) is 12.3. The molecule has 0 radical (unpaired) electrons. The van der Waals surface area contributed by atoms with Crippen molar-refractivity contribution >= 4 is 29.3 Å². The largest absolute Gasteiger partial charge is 0.387 e. The van der Waals surface area contributed by atoms with E-state index in [-0.39, 0.29) is 12.5 Å². The van der Waals surface area contributed by atoms with Gasteiger partial charge in [0, 0.05) is 24.6 Å². The zero-order valence-corrected chi connectivity index (χ0v) is 9.54. The maximum Gasteiger partial charge on any atom is 0.221 e. The van der Waals surface area contributed by atoms with E-state index >= 15 is 0 Å². The van der Waals surface area contributed by atoms with Crippen LogP contribution in [0.15, 0.2) is 0 Å². The third kappa shape index (κ3) is 7.16. The smallest absolute Gasteiger partial charge is 0.221 e. The lowest BCUT2D eigenvalue weighted by Gasteiger charge is -2.22. The highest BCUT2D eigenvalue weighted by Gasteiger charge is 2.19. The standard InChI is InChI=1S/C8H16ClNO2S/c1-8(12,6-13-2)5-10-7(11)3-4-9/h12H,3-6H2,1-2H3,(H,10,11). The molecule has 0 aliphatic carbocycles. The number of amides is 1. The predicted molar refractivity (Wildman–Crippen MR) is 57.4 cm³/mol. The lowest BCUT2D eigenvalue weighted by atomic mass is 10.1. The van der Waals surface area contributed by atoms with Gasteiger partial charge < -0.3 is 10.4 Å². The van der Waals surface area contributed by atoms with Gasteiger partial charge in [0.1, 0.15) is 0 Å². The van der Waals surface area contributed by atoms with Gasteiger partial charge in [0.25, 0.3) is 0 Å². The van der Waals surface area contributed by atoms with E-state index in [2.05, 4.69) is 5.32 Å². The fourth-order valence-corrected chi connectivity index (χ4v) is 1.72. The molecule has 78 valence electrons. The van der Waals surface area contributed by atoms with Gasteiger partial charge in [-0.1, -0.05) is 0 Å². The summed E-state index contributed by atoms with van der Waals surface area (Å²) in [5.41, 5.74) is -0.832. The van der Waals surface area contributed by atoms with Crippen molar-refractivity contribution in [2.75, 3.05) is 24.4 Å². The molecule has 0 rings (SSSR count). The second kappa shape index (κ2) is 6.51. The highest BCUT2D eigenvalue weighted by atomic mass is 35.5. The maximum absolute atomic E-state index is 11.0. The van der Waals surface area contributed by atoms with Crippen LogP contribution in [0.25, 0.3) is 0 Å². The van der Waals surface area contributed by atoms with Crippen LogP contribution in [-0.2, 0) is 4.79 Å². The number of alkyl halides is 1. The molecule has 5 heteroatoms. The molecule has 0 heterocycles. The van der Waals surface area contributed by atoms with Crippen molar-refractivity contribution in [2.24, 2.45) is 0 Å². The first kappa shape index (κ1) is 13.1. The van der Waals surface area contributed by atoms with Crippen molar-refractivity contribution in [3.05, 3.63) is 0 Å². The Morgan fingerprint density at radius 1 is 1.69 bits per heavy atom. The summed E-state index contributed by atoms with van der Waals surface area (Å²) in [6, 6.07) is 0. The van der Waals surface area contributed by atoms with Crippen LogP contribution in [0.2, 0.25) is 0 Å². The minimum Gasteiger partial charge on any atom is -0.387 e. The van der Waals surface area contributed by atoms with Crippen LogP contribution in [0.5, 0.6) is 0 Å². The number of rotatable bonds is 6. The number of carbonyl (C=O) groups excluding carboxylic acids is 1. The highest BCUT2D eigenvalue weighted by Crippen LogP contribution is 2.08. The molecule has 0 aliphatic rings. The fourth-order valence-electron chi connectivity index (χ4n) is 0.825. The molecule has 0 aromatic heterocycles. The number of hydrogen-bond donors (Lipinski definition) is 2. The van der Waals surface area contributed by atoms with Crippen LogP contribution in [0.1, 0.15) is 13.3 Å². The Bertz CT molecular complexity index is 164. The number of halogens is 1. The van der Waals surface area contributed by atoms with E-state index in [0.717, 1.165) is 0 Å². The average Bonchev–Trinajstić information content (AvgIpc) is 2.02. The first-order chi connectivity index (χ1) is 6.02. The first-order valence-electron chi connectivity index (χ1n) is 4.06. The number of nitrogens with one attached hydrogen (secondary N) is 1. The SMILES string of the molecule is CSCC(C)(O)CNC(=O)CCCl. The molecule has 0 saturated heterocycles. The normalized spacial score (nSPS) is 15.1. The first-order valence-corrected chi connectivity index (χ1v) is 5.98. The number of hydrogen-bond acceptors (Lipinski definition) is 3. The van der Waals surface area contributed by atoms with Crippen molar-refractivity contribution in [3.8, 4) is 0 Å². The lowest BCUT2D eigenvalue weighted by Crippen LogP contribution is -2.42. The van der Waals surface area contributed by atoms with Crippen LogP contribution in [0.3, 0.4) is 0 Å². The molecule has 1 unspecified atom stereocenters. The summed E-state index contributed by atoms with van der Waals surface area (Å²) < 4.78 is 0. The molecular weight excluding hydrogens is 210 g/mol. The second-order valence-corrected chi connectivity index (χ2v) is 4.39. The molecule has 0 aromatic carbocycles. The van der Waals surface area contributed by atoms with Gasteiger partial charge in [-0.25, -0.2) is 0 Å². The Labute approximate surface area is 88.2 Å². The van der Waals surface area contributed by atoms with E-state index in [1.54, 1.807) is 18.7 Å². The van der Waals surface area contributed by atoms with E-state index in [1.165, 1.54) is 0 Å². The van der Waals surface area contributed by atoms with Gasteiger partial charge >= 0.3 is 0 Å². The molecule has 0 bridgehead atoms. The van der Waals surface area contributed by atoms with Gasteiger partial charge in [-0.15, -0.1) is 11.6 Å². The lowest BCUT2D eigenvalue weighted by molar-refractivity contribution is -0.121. The van der Waals surface area contributed by atoms with Gasteiger partial charge in [-0.05, 0) is 13.2 Å². The van der Waals surface area contributed by atoms with Crippen molar-refractivity contribution in [1.82, 2.24) is 5.32 Å². The zero-order valence-electron chi connectivity index (χ0n) is 7.97. The molecule has 1 atom stereocenters. The summed E-state index contributed by atoms with van der Waals surface area (Å²) >= 11 is 6.93. The Hall–Kier alpha value is 0.0700. The van der Waals surface area contributed by atoms with E-state index in [1.807, 2.05) is 6.26 Å². The molecule has 0 aliphatic heterocycles. The summed E-state index contributed by atoms with van der Waals surface area (Å²) in [6.45, 7) is 1.98. The molecule has 13 heavy (non-hydrogen) atoms. The average molecular weight is 226 g/mol. The summed E-state index contributed by atoms with van der Waals surface area (Å²) in [6.07, 6.45) is 2.21. The molecule has 1 amide bonds. The molecule has 2 N–H and O–H groups in total. The molecule has 0 spiro atoms. The zero-order chi connectivity index (χ0) is 10.3. The molecule has 0 saturated carbocycles. The van der Waals surface area contributed by atoms with Gasteiger partial charge in [0.15, 0.2) is 0 Å². The monoisotopic (exact) mass is 225 g/mol. The fraction of sp³-hybridized carbons (Fsp3) is 0.875. The number of thioether (sulfide) groups is 1.